The lowest BCUT2D eigenvalue weighted by Gasteiger charge is -2.24. The third kappa shape index (κ3) is 3.08. The largest absolute Gasteiger partial charge is 0.307 e. The van der Waals surface area contributed by atoms with E-state index in [9.17, 15) is 0 Å². The molecular formula is C14H24N2S. The second-order valence-electron chi connectivity index (χ2n) is 5.40. The molecule has 2 atom stereocenters. The molecule has 96 valence electrons. The molecule has 1 fully saturated rings. The number of aromatic nitrogens is 1. The SMILES string of the molecule is Cc1nc(C)c(C(C)N[C@@H](C)C2CCCC2)s1. The van der Waals surface area contributed by atoms with Gasteiger partial charge in [-0.2, -0.15) is 0 Å². The molecule has 0 aliphatic heterocycles. The van der Waals surface area contributed by atoms with E-state index in [1.54, 1.807) is 0 Å². The van der Waals surface area contributed by atoms with Gasteiger partial charge in [0.05, 0.1) is 10.7 Å². The fourth-order valence-electron chi connectivity index (χ4n) is 3.01. The topological polar surface area (TPSA) is 24.9 Å². The van der Waals surface area contributed by atoms with Gasteiger partial charge < -0.3 is 5.32 Å². The maximum atomic E-state index is 4.52. The Bertz CT molecular complexity index is 366. The predicted octanol–water partition coefficient (Wildman–Crippen LogP) is 3.99. The Hall–Kier alpha value is -0.410. The second kappa shape index (κ2) is 5.49. The van der Waals surface area contributed by atoms with E-state index in [0.29, 0.717) is 12.1 Å². The highest BCUT2D eigenvalue weighted by Crippen LogP contribution is 2.30. The number of hydrogen-bond donors (Lipinski definition) is 1. The van der Waals surface area contributed by atoms with Crippen molar-refractivity contribution in [1.82, 2.24) is 10.3 Å². The van der Waals surface area contributed by atoms with Gasteiger partial charge in [0.1, 0.15) is 0 Å². The summed E-state index contributed by atoms with van der Waals surface area (Å²) in [5.41, 5.74) is 1.20. The highest BCUT2D eigenvalue weighted by molar-refractivity contribution is 7.11. The minimum Gasteiger partial charge on any atom is -0.307 e. The van der Waals surface area contributed by atoms with E-state index in [0.717, 1.165) is 5.92 Å². The van der Waals surface area contributed by atoms with Crippen LogP contribution in [0.15, 0.2) is 0 Å². The van der Waals surface area contributed by atoms with E-state index in [2.05, 4.69) is 38.0 Å². The first-order chi connectivity index (χ1) is 8.08. The molecule has 2 rings (SSSR count). The van der Waals surface area contributed by atoms with Gasteiger partial charge in [-0.05, 0) is 46.5 Å². The van der Waals surface area contributed by atoms with Gasteiger partial charge in [0.15, 0.2) is 0 Å². The van der Waals surface area contributed by atoms with Crippen LogP contribution in [-0.4, -0.2) is 11.0 Å². The molecule has 0 radical (unpaired) electrons. The van der Waals surface area contributed by atoms with Gasteiger partial charge in [-0.15, -0.1) is 11.3 Å². The van der Waals surface area contributed by atoms with E-state index < -0.39 is 0 Å². The molecule has 2 nitrogen and oxygen atoms in total. The molecule has 0 spiro atoms. The van der Waals surface area contributed by atoms with Gasteiger partial charge in [0.25, 0.3) is 0 Å². The fourth-order valence-corrected chi connectivity index (χ4v) is 3.95. The molecule has 0 aromatic carbocycles. The normalized spacial score (nSPS) is 20.7. The lowest BCUT2D eigenvalue weighted by atomic mass is 9.99. The van der Waals surface area contributed by atoms with Crippen molar-refractivity contribution in [2.75, 3.05) is 0 Å². The molecule has 1 aliphatic carbocycles. The molecule has 1 aliphatic rings. The Kier molecular flexibility index (Phi) is 4.21. The highest BCUT2D eigenvalue weighted by Gasteiger charge is 2.23. The predicted molar refractivity (Wildman–Crippen MR) is 74.6 cm³/mol. The van der Waals surface area contributed by atoms with Gasteiger partial charge in [0, 0.05) is 17.0 Å². The summed E-state index contributed by atoms with van der Waals surface area (Å²) in [6, 6.07) is 1.08. The van der Waals surface area contributed by atoms with Crippen molar-refractivity contribution in [2.24, 2.45) is 5.92 Å². The third-order valence-electron chi connectivity index (χ3n) is 3.95. The second-order valence-corrected chi connectivity index (χ2v) is 6.64. The molecule has 1 N–H and O–H groups in total. The first-order valence-electron chi connectivity index (χ1n) is 6.78. The molecule has 0 amide bonds. The quantitative estimate of drug-likeness (QED) is 0.876. The number of hydrogen-bond acceptors (Lipinski definition) is 3. The molecule has 0 bridgehead atoms. The average Bonchev–Trinajstić information content (AvgIpc) is 2.87. The van der Waals surface area contributed by atoms with Crippen LogP contribution < -0.4 is 5.32 Å². The van der Waals surface area contributed by atoms with Crippen molar-refractivity contribution in [1.29, 1.82) is 0 Å². The summed E-state index contributed by atoms with van der Waals surface area (Å²) < 4.78 is 0. The monoisotopic (exact) mass is 252 g/mol. The number of rotatable bonds is 4. The summed E-state index contributed by atoms with van der Waals surface area (Å²) in [6.07, 6.45) is 5.65. The summed E-state index contributed by atoms with van der Waals surface area (Å²) in [4.78, 5) is 5.93. The van der Waals surface area contributed by atoms with Gasteiger partial charge in [-0.1, -0.05) is 12.8 Å². The zero-order valence-electron chi connectivity index (χ0n) is 11.4. The summed E-state index contributed by atoms with van der Waals surface area (Å²) in [7, 11) is 0. The molecule has 0 saturated heterocycles. The summed E-state index contributed by atoms with van der Waals surface area (Å²) >= 11 is 1.83. The first kappa shape index (κ1) is 13.0. The van der Waals surface area contributed by atoms with Gasteiger partial charge >= 0.3 is 0 Å². The van der Waals surface area contributed by atoms with Crippen LogP contribution in [0, 0.1) is 19.8 Å². The number of thiazole rings is 1. The lowest BCUT2D eigenvalue weighted by Crippen LogP contribution is -2.34. The molecular weight excluding hydrogens is 228 g/mol. The maximum Gasteiger partial charge on any atom is 0.0900 e. The Morgan fingerprint density at radius 1 is 1.24 bits per heavy atom. The summed E-state index contributed by atoms with van der Waals surface area (Å²) in [6.45, 7) is 8.83. The average molecular weight is 252 g/mol. The molecule has 3 heteroatoms. The van der Waals surface area contributed by atoms with Crippen molar-refractivity contribution >= 4 is 11.3 Å². The lowest BCUT2D eigenvalue weighted by molar-refractivity contribution is 0.354. The van der Waals surface area contributed by atoms with Crippen molar-refractivity contribution in [3.63, 3.8) is 0 Å². The van der Waals surface area contributed by atoms with Gasteiger partial charge in [-0.25, -0.2) is 4.98 Å². The van der Waals surface area contributed by atoms with Crippen LogP contribution in [0.5, 0.6) is 0 Å². The summed E-state index contributed by atoms with van der Waals surface area (Å²) in [5, 5.41) is 4.94. The van der Waals surface area contributed by atoms with Crippen molar-refractivity contribution in [3.8, 4) is 0 Å². The number of nitrogens with zero attached hydrogens (tertiary/aromatic N) is 1. The first-order valence-corrected chi connectivity index (χ1v) is 7.59. The minimum atomic E-state index is 0.441. The van der Waals surface area contributed by atoms with Crippen LogP contribution in [0.2, 0.25) is 0 Å². The van der Waals surface area contributed by atoms with E-state index in [1.807, 2.05) is 11.3 Å². The minimum absolute atomic E-state index is 0.441. The van der Waals surface area contributed by atoms with Gasteiger partial charge in [0.2, 0.25) is 0 Å². The Balaban J connectivity index is 1.96. The van der Waals surface area contributed by atoms with E-state index in [1.165, 1.54) is 41.3 Å². The van der Waals surface area contributed by atoms with Crippen LogP contribution in [0.1, 0.15) is 61.2 Å². The van der Waals surface area contributed by atoms with Crippen LogP contribution in [0.3, 0.4) is 0 Å². The third-order valence-corrected chi connectivity index (χ3v) is 5.21. The maximum absolute atomic E-state index is 4.52. The molecule has 1 aromatic rings. The van der Waals surface area contributed by atoms with Crippen LogP contribution in [0.4, 0.5) is 0 Å². The standard InChI is InChI=1S/C14H24N2S/c1-9(13-7-5-6-8-13)15-10(2)14-11(3)16-12(4)17-14/h9-10,13,15H,5-8H2,1-4H3/t9-,10?/m0/s1. The van der Waals surface area contributed by atoms with E-state index in [-0.39, 0.29) is 0 Å². The Labute approximate surface area is 109 Å². The van der Waals surface area contributed by atoms with Crippen molar-refractivity contribution in [2.45, 2.75) is 65.5 Å². The smallest absolute Gasteiger partial charge is 0.0900 e. The van der Waals surface area contributed by atoms with E-state index >= 15 is 0 Å². The van der Waals surface area contributed by atoms with Crippen LogP contribution in [0.25, 0.3) is 0 Å². The molecule has 17 heavy (non-hydrogen) atoms. The van der Waals surface area contributed by atoms with Crippen molar-refractivity contribution in [3.05, 3.63) is 15.6 Å². The molecule has 1 unspecified atom stereocenters. The fraction of sp³-hybridized carbons (Fsp3) is 0.786. The number of nitrogens with one attached hydrogen (secondary N) is 1. The van der Waals surface area contributed by atoms with Crippen LogP contribution in [-0.2, 0) is 0 Å². The van der Waals surface area contributed by atoms with E-state index in [4.69, 9.17) is 0 Å². The van der Waals surface area contributed by atoms with Crippen LogP contribution >= 0.6 is 11.3 Å². The highest BCUT2D eigenvalue weighted by atomic mass is 32.1. The van der Waals surface area contributed by atoms with Gasteiger partial charge in [-0.3, -0.25) is 0 Å². The Morgan fingerprint density at radius 2 is 1.88 bits per heavy atom. The molecule has 1 saturated carbocycles. The Morgan fingerprint density at radius 3 is 2.41 bits per heavy atom. The molecule has 1 aromatic heterocycles. The molecule has 1 heterocycles. The number of aryl methyl sites for hydroxylation is 2. The zero-order chi connectivity index (χ0) is 12.4. The zero-order valence-corrected chi connectivity index (χ0v) is 12.2. The summed E-state index contributed by atoms with van der Waals surface area (Å²) in [5.74, 6) is 0.881. The van der Waals surface area contributed by atoms with Crippen molar-refractivity contribution < 1.29 is 0 Å².